The molecule has 0 radical (unpaired) electrons. The molecule has 1 aromatic carbocycles. The number of carbonyl (C=O) groups excluding carboxylic acids is 1. The summed E-state index contributed by atoms with van der Waals surface area (Å²) in [5, 5.41) is 0.285. The Morgan fingerprint density at radius 2 is 2.08 bits per heavy atom. The molecule has 0 heterocycles. The quantitative estimate of drug-likeness (QED) is 0.576. The van der Waals surface area contributed by atoms with Crippen molar-refractivity contribution in [1.29, 1.82) is 0 Å². The lowest BCUT2D eigenvalue weighted by Gasteiger charge is -2.01. The van der Waals surface area contributed by atoms with E-state index < -0.39 is 5.76 Å². The number of carbonyl (C=O) groups is 1. The van der Waals surface area contributed by atoms with Crippen LogP contribution >= 0.6 is 23.4 Å². The molecule has 0 aliphatic rings. The van der Waals surface area contributed by atoms with E-state index >= 15 is 0 Å². The molecule has 0 amide bonds. The van der Waals surface area contributed by atoms with Crippen LogP contribution in [0.3, 0.4) is 0 Å². The Balaban J connectivity index is 2.94. The minimum Gasteiger partial charge on any atom is -0.298 e. The molecule has 70 valence electrons. The molecule has 0 N–H and O–H groups in total. The maximum atomic E-state index is 11.9. The number of hydrogen-bond acceptors (Lipinski definition) is 2. The SMILES string of the molecule is O=Cc1cc(Cl)cc(SC(F)F)c1. The van der Waals surface area contributed by atoms with E-state index in [4.69, 9.17) is 11.6 Å². The van der Waals surface area contributed by atoms with E-state index in [2.05, 4.69) is 0 Å². The molecule has 0 aliphatic heterocycles. The van der Waals surface area contributed by atoms with Crippen molar-refractivity contribution in [3.05, 3.63) is 28.8 Å². The summed E-state index contributed by atoms with van der Waals surface area (Å²) < 4.78 is 23.8. The van der Waals surface area contributed by atoms with Crippen LogP contribution in [0.1, 0.15) is 10.4 Å². The molecular formula is C8H5ClF2OS. The lowest BCUT2D eigenvalue weighted by Crippen LogP contribution is -1.85. The minimum atomic E-state index is -2.50. The van der Waals surface area contributed by atoms with Gasteiger partial charge in [0.2, 0.25) is 0 Å². The van der Waals surface area contributed by atoms with Gasteiger partial charge in [0.05, 0.1) is 0 Å². The molecule has 0 spiro atoms. The topological polar surface area (TPSA) is 17.1 Å². The molecule has 5 heteroatoms. The molecule has 1 rings (SSSR count). The second-order valence-electron chi connectivity index (χ2n) is 2.22. The van der Waals surface area contributed by atoms with E-state index in [1.807, 2.05) is 0 Å². The van der Waals surface area contributed by atoms with Crippen LogP contribution in [0.5, 0.6) is 0 Å². The summed E-state index contributed by atoms with van der Waals surface area (Å²) in [6, 6.07) is 4.19. The maximum absolute atomic E-state index is 11.9. The first kappa shape index (κ1) is 10.5. The molecular weight excluding hydrogens is 218 g/mol. The maximum Gasteiger partial charge on any atom is 0.288 e. The number of alkyl halides is 2. The number of rotatable bonds is 3. The number of aldehydes is 1. The van der Waals surface area contributed by atoms with Crippen LogP contribution in [0.25, 0.3) is 0 Å². The van der Waals surface area contributed by atoms with Gasteiger partial charge in [-0.25, -0.2) is 0 Å². The van der Waals surface area contributed by atoms with Gasteiger partial charge in [-0.05, 0) is 18.2 Å². The zero-order valence-electron chi connectivity index (χ0n) is 6.34. The number of hydrogen-bond donors (Lipinski definition) is 0. The third-order valence-electron chi connectivity index (χ3n) is 1.25. The Morgan fingerprint density at radius 1 is 1.38 bits per heavy atom. The molecule has 0 unspecified atom stereocenters. The highest BCUT2D eigenvalue weighted by molar-refractivity contribution is 7.99. The van der Waals surface area contributed by atoms with Gasteiger partial charge in [0, 0.05) is 15.5 Å². The van der Waals surface area contributed by atoms with E-state index in [9.17, 15) is 13.6 Å². The lowest BCUT2D eigenvalue weighted by molar-refractivity contribution is 0.112. The summed E-state index contributed by atoms with van der Waals surface area (Å²) in [6.07, 6.45) is 0.571. The first-order valence-corrected chi connectivity index (χ1v) is 4.58. The fourth-order valence-electron chi connectivity index (χ4n) is 0.823. The average Bonchev–Trinajstić information content (AvgIpc) is 2.01. The molecule has 0 saturated carbocycles. The van der Waals surface area contributed by atoms with Gasteiger partial charge in [-0.3, -0.25) is 4.79 Å². The predicted molar refractivity (Wildman–Crippen MR) is 48.7 cm³/mol. The van der Waals surface area contributed by atoms with Crippen LogP contribution in [-0.4, -0.2) is 12.0 Å². The Kier molecular flexibility index (Phi) is 3.69. The van der Waals surface area contributed by atoms with E-state index in [0.29, 0.717) is 28.5 Å². The highest BCUT2D eigenvalue weighted by atomic mass is 35.5. The van der Waals surface area contributed by atoms with Crippen LogP contribution in [0.4, 0.5) is 8.78 Å². The van der Waals surface area contributed by atoms with Gasteiger partial charge in [-0.2, -0.15) is 8.78 Å². The molecule has 0 saturated heterocycles. The van der Waals surface area contributed by atoms with E-state index in [-0.39, 0.29) is 5.02 Å². The first-order valence-electron chi connectivity index (χ1n) is 3.32. The second-order valence-corrected chi connectivity index (χ2v) is 3.72. The van der Waals surface area contributed by atoms with E-state index in [1.54, 1.807) is 0 Å². The molecule has 0 atom stereocenters. The first-order chi connectivity index (χ1) is 6.11. The second kappa shape index (κ2) is 4.58. The Labute approximate surface area is 83.1 Å². The van der Waals surface area contributed by atoms with Crippen molar-refractivity contribution in [3.63, 3.8) is 0 Å². The molecule has 0 aromatic heterocycles. The van der Waals surface area contributed by atoms with Crippen LogP contribution in [0, 0.1) is 0 Å². The lowest BCUT2D eigenvalue weighted by atomic mass is 10.2. The Bertz CT molecular complexity index is 317. The zero-order valence-corrected chi connectivity index (χ0v) is 7.91. The third kappa shape index (κ3) is 3.32. The number of benzene rings is 1. The van der Waals surface area contributed by atoms with E-state index in [1.165, 1.54) is 18.2 Å². The van der Waals surface area contributed by atoms with Crippen LogP contribution < -0.4 is 0 Å². The highest BCUT2D eigenvalue weighted by Gasteiger charge is 2.06. The summed E-state index contributed by atoms with van der Waals surface area (Å²) in [4.78, 5) is 10.6. The molecule has 0 aliphatic carbocycles. The summed E-state index contributed by atoms with van der Waals surface area (Å²) in [5.74, 6) is -2.50. The number of halogens is 3. The molecule has 13 heavy (non-hydrogen) atoms. The number of thioether (sulfide) groups is 1. The standard InChI is InChI=1S/C8H5ClF2OS/c9-6-1-5(4-12)2-7(3-6)13-8(10)11/h1-4,8H. The van der Waals surface area contributed by atoms with Gasteiger partial charge < -0.3 is 0 Å². The van der Waals surface area contributed by atoms with Gasteiger partial charge in [0.25, 0.3) is 5.76 Å². The van der Waals surface area contributed by atoms with Crippen molar-refractivity contribution < 1.29 is 13.6 Å². The minimum absolute atomic E-state index is 0.285. The predicted octanol–water partition coefficient (Wildman–Crippen LogP) is 3.47. The van der Waals surface area contributed by atoms with Crippen molar-refractivity contribution >= 4 is 29.6 Å². The summed E-state index contributed by atoms with van der Waals surface area (Å²) in [6.45, 7) is 0. The van der Waals surface area contributed by atoms with Gasteiger partial charge in [0.15, 0.2) is 0 Å². The fraction of sp³-hybridized carbons (Fsp3) is 0.125. The monoisotopic (exact) mass is 222 g/mol. The smallest absolute Gasteiger partial charge is 0.288 e. The zero-order chi connectivity index (χ0) is 9.84. The van der Waals surface area contributed by atoms with Crippen molar-refractivity contribution in [2.24, 2.45) is 0 Å². The van der Waals surface area contributed by atoms with Gasteiger partial charge >= 0.3 is 0 Å². The molecule has 1 nitrogen and oxygen atoms in total. The Morgan fingerprint density at radius 3 is 2.62 bits per heavy atom. The highest BCUT2D eigenvalue weighted by Crippen LogP contribution is 2.28. The van der Waals surface area contributed by atoms with Crippen molar-refractivity contribution in [1.82, 2.24) is 0 Å². The largest absolute Gasteiger partial charge is 0.298 e. The average molecular weight is 223 g/mol. The third-order valence-corrected chi connectivity index (χ3v) is 2.16. The fourth-order valence-corrected chi connectivity index (χ4v) is 1.74. The van der Waals surface area contributed by atoms with Gasteiger partial charge in [-0.15, -0.1) is 0 Å². The summed E-state index contributed by atoms with van der Waals surface area (Å²) in [5.41, 5.74) is 0.302. The molecule has 0 fully saturated rings. The van der Waals surface area contributed by atoms with Crippen molar-refractivity contribution in [2.45, 2.75) is 10.7 Å². The van der Waals surface area contributed by atoms with Crippen LogP contribution in [0.15, 0.2) is 23.1 Å². The molecule has 1 aromatic rings. The summed E-state index contributed by atoms with van der Waals surface area (Å²) >= 11 is 5.96. The van der Waals surface area contributed by atoms with Gasteiger partial charge in [0.1, 0.15) is 6.29 Å². The molecule has 0 bridgehead atoms. The van der Waals surface area contributed by atoms with Crippen LogP contribution in [0.2, 0.25) is 5.02 Å². The van der Waals surface area contributed by atoms with Crippen molar-refractivity contribution in [3.8, 4) is 0 Å². The Hall–Kier alpha value is -0.610. The van der Waals surface area contributed by atoms with Crippen molar-refractivity contribution in [2.75, 3.05) is 0 Å². The normalized spacial score (nSPS) is 10.5. The van der Waals surface area contributed by atoms with Gasteiger partial charge in [-0.1, -0.05) is 23.4 Å². The summed E-state index contributed by atoms with van der Waals surface area (Å²) in [7, 11) is 0. The van der Waals surface area contributed by atoms with Crippen LogP contribution in [-0.2, 0) is 0 Å². The van der Waals surface area contributed by atoms with E-state index in [0.717, 1.165) is 0 Å².